The summed E-state index contributed by atoms with van der Waals surface area (Å²) >= 11 is 0. The summed E-state index contributed by atoms with van der Waals surface area (Å²) in [5.41, 5.74) is 6.22. The quantitative estimate of drug-likeness (QED) is 0.357. The molecule has 180 valence electrons. The Hall–Kier alpha value is -3.67. The second-order valence-corrected chi connectivity index (χ2v) is 9.58. The maximum Gasteiger partial charge on any atom is 0.307 e. The fourth-order valence-corrected chi connectivity index (χ4v) is 5.09. The summed E-state index contributed by atoms with van der Waals surface area (Å²) in [6, 6.07) is 18.3. The number of aromatic nitrogens is 3. The van der Waals surface area contributed by atoms with Crippen LogP contribution in [-0.2, 0) is 17.9 Å². The van der Waals surface area contributed by atoms with E-state index in [0.717, 1.165) is 53.1 Å². The average Bonchev–Trinajstić information content (AvgIpc) is 3.22. The second kappa shape index (κ2) is 9.90. The number of nitrogens with zero attached hydrogens (tertiary/aromatic N) is 3. The lowest BCUT2D eigenvalue weighted by Gasteiger charge is -2.28. The van der Waals surface area contributed by atoms with E-state index >= 15 is 0 Å². The van der Waals surface area contributed by atoms with Crippen molar-refractivity contribution >= 4 is 17.0 Å². The first-order chi connectivity index (χ1) is 17.0. The molecule has 2 atom stereocenters. The summed E-state index contributed by atoms with van der Waals surface area (Å²) in [7, 11) is 0. The number of benzene rings is 2. The van der Waals surface area contributed by atoms with E-state index in [-0.39, 0.29) is 5.92 Å². The summed E-state index contributed by atoms with van der Waals surface area (Å²) < 4.78 is 8.29. The molecule has 0 spiro atoms. The summed E-state index contributed by atoms with van der Waals surface area (Å²) in [5, 5.41) is 9.95. The predicted octanol–water partition coefficient (Wildman–Crippen LogP) is 6.03. The molecular formula is C29H31N3O3. The monoisotopic (exact) mass is 469 g/mol. The highest BCUT2D eigenvalue weighted by atomic mass is 16.5. The first kappa shape index (κ1) is 23.1. The molecule has 0 saturated heterocycles. The minimum Gasteiger partial charge on any atom is -0.487 e. The zero-order chi connectivity index (χ0) is 24.4. The number of hydrogen-bond donors (Lipinski definition) is 1. The van der Waals surface area contributed by atoms with Gasteiger partial charge in [-0.1, -0.05) is 43.2 Å². The smallest absolute Gasteiger partial charge is 0.307 e. The van der Waals surface area contributed by atoms with Gasteiger partial charge in [-0.2, -0.15) is 0 Å². The molecule has 0 amide bonds. The van der Waals surface area contributed by atoms with Gasteiger partial charge in [0, 0.05) is 24.7 Å². The number of fused-ring (bicyclic) bond motifs is 1. The van der Waals surface area contributed by atoms with Crippen molar-refractivity contribution < 1.29 is 14.6 Å². The molecule has 0 aliphatic heterocycles. The third-order valence-electron chi connectivity index (χ3n) is 7.11. The van der Waals surface area contributed by atoms with E-state index in [1.807, 2.05) is 55.6 Å². The lowest BCUT2D eigenvalue weighted by molar-refractivity contribution is -0.143. The van der Waals surface area contributed by atoms with Crippen molar-refractivity contribution in [2.45, 2.75) is 58.6 Å². The summed E-state index contributed by atoms with van der Waals surface area (Å²) in [4.78, 5) is 21.5. The van der Waals surface area contributed by atoms with E-state index in [2.05, 4.69) is 28.6 Å². The Morgan fingerprint density at radius 1 is 1.09 bits per heavy atom. The van der Waals surface area contributed by atoms with Crippen LogP contribution in [0.25, 0.3) is 11.0 Å². The SMILES string of the molecule is Cc1ccc(COc2ccc3nc(C4CCCC[C@H]4C(=O)O)n(Cc4ccccc4C)c3c2)nc1. The van der Waals surface area contributed by atoms with Crippen molar-refractivity contribution in [2.75, 3.05) is 0 Å². The Bertz CT molecular complexity index is 1340. The van der Waals surface area contributed by atoms with Gasteiger partial charge in [0.25, 0.3) is 0 Å². The predicted molar refractivity (Wildman–Crippen MR) is 136 cm³/mol. The van der Waals surface area contributed by atoms with Gasteiger partial charge in [0.15, 0.2) is 0 Å². The minimum atomic E-state index is -0.723. The largest absolute Gasteiger partial charge is 0.487 e. The summed E-state index contributed by atoms with van der Waals surface area (Å²) in [5.74, 6) is 0.389. The van der Waals surface area contributed by atoms with Crippen molar-refractivity contribution in [3.05, 3.63) is 89.0 Å². The lowest BCUT2D eigenvalue weighted by Crippen LogP contribution is -2.27. The fourth-order valence-electron chi connectivity index (χ4n) is 5.09. The average molecular weight is 470 g/mol. The molecule has 1 saturated carbocycles. The molecule has 1 unspecified atom stereocenters. The zero-order valence-electron chi connectivity index (χ0n) is 20.3. The van der Waals surface area contributed by atoms with Crippen LogP contribution in [0.5, 0.6) is 5.75 Å². The van der Waals surface area contributed by atoms with Crippen molar-refractivity contribution in [1.82, 2.24) is 14.5 Å². The lowest BCUT2D eigenvalue weighted by atomic mass is 9.78. The van der Waals surface area contributed by atoms with Crippen molar-refractivity contribution in [1.29, 1.82) is 0 Å². The van der Waals surface area contributed by atoms with Crippen LogP contribution in [0.3, 0.4) is 0 Å². The van der Waals surface area contributed by atoms with Crippen LogP contribution in [0.1, 0.15) is 59.8 Å². The molecule has 1 fully saturated rings. The highest BCUT2D eigenvalue weighted by molar-refractivity contribution is 5.79. The zero-order valence-corrected chi connectivity index (χ0v) is 20.3. The molecule has 5 rings (SSSR count). The number of rotatable bonds is 7. The minimum absolute atomic E-state index is 0.0983. The molecule has 6 nitrogen and oxygen atoms in total. The topological polar surface area (TPSA) is 77.2 Å². The van der Waals surface area contributed by atoms with Crippen LogP contribution in [-0.4, -0.2) is 25.6 Å². The van der Waals surface area contributed by atoms with Gasteiger partial charge in [0.1, 0.15) is 18.2 Å². The maximum absolute atomic E-state index is 12.1. The summed E-state index contributed by atoms with van der Waals surface area (Å²) in [6.45, 7) is 5.15. The Morgan fingerprint density at radius 3 is 2.69 bits per heavy atom. The van der Waals surface area contributed by atoms with Crippen LogP contribution in [0, 0.1) is 19.8 Å². The van der Waals surface area contributed by atoms with E-state index in [4.69, 9.17) is 9.72 Å². The van der Waals surface area contributed by atoms with Gasteiger partial charge in [-0.3, -0.25) is 9.78 Å². The molecule has 1 aliphatic carbocycles. The number of carbonyl (C=O) groups is 1. The number of pyridine rings is 1. The Morgan fingerprint density at radius 2 is 1.91 bits per heavy atom. The molecule has 1 aliphatic rings. The number of aliphatic carboxylic acids is 1. The molecule has 2 aromatic carbocycles. The Labute approximate surface area is 205 Å². The first-order valence-corrected chi connectivity index (χ1v) is 12.3. The van der Waals surface area contributed by atoms with Gasteiger partial charge in [-0.15, -0.1) is 0 Å². The molecule has 1 N–H and O–H groups in total. The first-order valence-electron chi connectivity index (χ1n) is 12.3. The van der Waals surface area contributed by atoms with Crippen LogP contribution < -0.4 is 4.74 Å². The fraction of sp³-hybridized carbons (Fsp3) is 0.345. The van der Waals surface area contributed by atoms with Crippen LogP contribution >= 0.6 is 0 Å². The molecule has 0 bridgehead atoms. The number of carboxylic acids is 1. The highest BCUT2D eigenvalue weighted by Gasteiger charge is 2.35. The van der Waals surface area contributed by atoms with Crippen LogP contribution in [0.2, 0.25) is 0 Å². The Kier molecular flexibility index (Phi) is 6.53. The van der Waals surface area contributed by atoms with Crippen molar-refractivity contribution in [3.8, 4) is 5.75 Å². The third kappa shape index (κ3) is 4.92. The van der Waals surface area contributed by atoms with Gasteiger partial charge in [0.2, 0.25) is 0 Å². The molecule has 4 aromatic rings. The van der Waals surface area contributed by atoms with Gasteiger partial charge >= 0.3 is 5.97 Å². The molecular weight excluding hydrogens is 438 g/mol. The number of ether oxygens (including phenoxy) is 1. The van der Waals surface area contributed by atoms with E-state index < -0.39 is 11.9 Å². The third-order valence-corrected chi connectivity index (χ3v) is 7.11. The van der Waals surface area contributed by atoms with E-state index in [1.165, 1.54) is 11.1 Å². The molecule has 2 aromatic heterocycles. The van der Waals surface area contributed by atoms with Gasteiger partial charge in [-0.05, 0) is 61.6 Å². The highest BCUT2D eigenvalue weighted by Crippen LogP contribution is 2.39. The number of hydrogen-bond acceptors (Lipinski definition) is 4. The Balaban J connectivity index is 1.54. The van der Waals surface area contributed by atoms with Crippen molar-refractivity contribution in [3.63, 3.8) is 0 Å². The second-order valence-electron chi connectivity index (χ2n) is 9.58. The number of carboxylic acid groups (broad SMARTS) is 1. The summed E-state index contributed by atoms with van der Waals surface area (Å²) in [6.07, 6.45) is 5.37. The van der Waals surface area contributed by atoms with Gasteiger partial charge in [-0.25, -0.2) is 4.98 Å². The number of aryl methyl sites for hydroxylation is 2. The van der Waals surface area contributed by atoms with Crippen LogP contribution in [0.15, 0.2) is 60.8 Å². The van der Waals surface area contributed by atoms with E-state index in [9.17, 15) is 9.90 Å². The van der Waals surface area contributed by atoms with Crippen LogP contribution in [0.4, 0.5) is 0 Å². The molecule has 6 heteroatoms. The van der Waals surface area contributed by atoms with Crippen molar-refractivity contribution in [2.24, 2.45) is 5.92 Å². The number of imidazole rings is 1. The van der Waals surface area contributed by atoms with E-state index in [1.54, 1.807) is 0 Å². The standard InChI is InChI=1S/C29H31N3O3/c1-19-11-12-22(30-16-19)18-35-23-13-14-26-27(15-23)32(17-21-8-4-3-7-20(21)2)28(31-26)24-9-5-6-10-25(24)29(33)34/h3-4,7-8,11-16,24-25H,5-6,9-10,17-18H2,1-2H3,(H,33,34)/t24?,25-/m1/s1. The normalized spacial score (nSPS) is 18.0. The van der Waals surface area contributed by atoms with Gasteiger partial charge < -0.3 is 14.4 Å². The molecule has 0 radical (unpaired) electrons. The molecule has 35 heavy (non-hydrogen) atoms. The molecule has 2 heterocycles. The maximum atomic E-state index is 12.1. The van der Waals surface area contributed by atoms with Gasteiger partial charge in [0.05, 0.1) is 22.6 Å². The van der Waals surface area contributed by atoms with E-state index in [0.29, 0.717) is 19.6 Å².